The Morgan fingerprint density at radius 1 is 1.19 bits per heavy atom. The molecular weight excluding hydrogens is 356 g/mol. The SMILES string of the molecule is O=C(OCc1ccccc1)c1cnn(C2(c3ccc(F)nc3F)COC2)c1. The molecule has 0 amide bonds. The van der Waals surface area contributed by atoms with Crippen LogP contribution in [0.3, 0.4) is 0 Å². The first-order valence-electron chi connectivity index (χ1n) is 8.25. The molecule has 8 heteroatoms. The Morgan fingerprint density at radius 2 is 1.96 bits per heavy atom. The highest BCUT2D eigenvalue weighted by molar-refractivity contribution is 5.88. The second kappa shape index (κ2) is 6.88. The van der Waals surface area contributed by atoms with Gasteiger partial charge in [-0.1, -0.05) is 30.3 Å². The van der Waals surface area contributed by atoms with E-state index in [2.05, 4.69) is 10.1 Å². The van der Waals surface area contributed by atoms with Crippen LogP contribution in [0.5, 0.6) is 0 Å². The molecule has 3 aromatic rings. The summed E-state index contributed by atoms with van der Waals surface area (Å²) in [5, 5.41) is 4.17. The molecule has 3 heterocycles. The molecule has 4 rings (SSSR count). The number of rotatable bonds is 5. The van der Waals surface area contributed by atoms with Crippen molar-refractivity contribution in [1.29, 1.82) is 0 Å². The largest absolute Gasteiger partial charge is 0.457 e. The van der Waals surface area contributed by atoms with Crippen molar-refractivity contribution in [2.24, 2.45) is 0 Å². The van der Waals surface area contributed by atoms with E-state index in [0.717, 1.165) is 11.6 Å². The van der Waals surface area contributed by atoms with E-state index in [9.17, 15) is 13.6 Å². The highest BCUT2D eigenvalue weighted by atomic mass is 19.1. The molecule has 27 heavy (non-hydrogen) atoms. The highest BCUT2D eigenvalue weighted by Gasteiger charge is 2.46. The standard InChI is InChI=1S/C19H15F2N3O3/c20-16-7-6-15(17(21)23-16)19(11-26-12-19)24-9-14(8-22-24)18(25)27-10-13-4-2-1-3-5-13/h1-9H,10-12H2. The van der Waals surface area contributed by atoms with Gasteiger partial charge >= 0.3 is 5.97 Å². The van der Waals surface area contributed by atoms with Gasteiger partial charge in [0, 0.05) is 11.8 Å². The zero-order valence-electron chi connectivity index (χ0n) is 14.1. The Hall–Kier alpha value is -3.13. The molecule has 1 fully saturated rings. The summed E-state index contributed by atoms with van der Waals surface area (Å²) < 4.78 is 39.3. The molecule has 0 N–H and O–H groups in total. The molecule has 0 radical (unpaired) electrons. The first-order valence-corrected chi connectivity index (χ1v) is 8.25. The average Bonchev–Trinajstić information content (AvgIpc) is 3.12. The summed E-state index contributed by atoms with van der Waals surface area (Å²) in [6.45, 7) is 0.407. The van der Waals surface area contributed by atoms with E-state index in [0.29, 0.717) is 0 Å². The fourth-order valence-electron chi connectivity index (χ4n) is 2.93. The van der Waals surface area contributed by atoms with Crippen LogP contribution in [0.25, 0.3) is 0 Å². The van der Waals surface area contributed by atoms with Crippen molar-refractivity contribution in [1.82, 2.24) is 14.8 Å². The Bertz CT molecular complexity index is 971. The van der Waals surface area contributed by atoms with Gasteiger partial charge < -0.3 is 9.47 Å². The summed E-state index contributed by atoms with van der Waals surface area (Å²) in [5.41, 5.74) is 0.277. The molecule has 2 aromatic heterocycles. The Morgan fingerprint density at radius 3 is 2.63 bits per heavy atom. The number of carbonyl (C=O) groups is 1. The molecule has 0 atom stereocenters. The molecule has 0 unspecified atom stereocenters. The Labute approximate surface area is 153 Å². The van der Waals surface area contributed by atoms with Crippen molar-refractivity contribution in [2.45, 2.75) is 12.1 Å². The summed E-state index contributed by atoms with van der Waals surface area (Å²) >= 11 is 0. The zero-order chi connectivity index (χ0) is 18.9. The van der Waals surface area contributed by atoms with Gasteiger partial charge in [0.25, 0.3) is 0 Å². The number of hydrogen-bond acceptors (Lipinski definition) is 5. The third kappa shape index (κ3) is 3.19. The minimum absolute atomic E-state index is 0.135. The molecule has 1 aromatic carbocycles. The highest BCUT2D eigenvalue weighted by Crippen LogP contribution is 2.35. The molecular formula is C19H15F2N3O3. The number of aromatic nitrogens is 3. The van der Waals surface area contributed by atoms with Crippen LogP contribution in [0.15, 0.2) is 54.9 Å². The van der Waals surface area contributed by atoms with Gasteiger partial charge in [0.1, 0.15) is 12.1 Å². The van der Waals surface area contributed by atoms with E-state index < -0.39 is 23.4 Å². The number of hydrogen-bond donors (Lipinski definition) is 0. The van der Waals surface area contributed by atoms with E-state index in [1.807, 2.05) is 30.3 Å². The second-order valence-electron chi connectivity index (χ2n) is 6.23. The van der Waals surface area contributed by atoms with E-state index in [1.165, 1.54) is 23.1 Å². The smallest absolute Gasteiger partial charge is 0.341 e. The maximum Gasteiger partial charge on any atom is 0.341 e. The van der Waals surface area contributed by atoms with Crippen LogP contribution >= 0.6 is 0 Å². The number of pyridine rings is 1. The van der Waals surface area contributed by atoms with Crippen LogP contribution in [0, 0.1) is 11.9 Å². The maximum absolute atomic E-state index is 14.2. The molecule has 0 bridgehead atoms. The number of esters is 1. The van der Waals surface area contributed by atoms with E-state index in [4.69, 9.17) is 9.47 Å². The monoisotopic (exact) mass is 371 g/mol. The topological polar surface area (TPSA) is 66.2 Å². The van der Waals surface area contributed by atoms with Gasteiger partial charge in [-0.15, -0.1) is 0 Å². The average molecular weight is 371 g/mol. The van der Waals surface area contributed by atoms with Crippen molar-refractivity contribution in [2.75, 3.05) is 13.2 Å². The lowest BCUT2D eigenvalue weighted by molar-refractivity contribution is -0.0842. The third-order valence-corrected chi connectivity index (χ3v) is 4.47. The number of benzene rings is 1. The summed E-state index contributed by atoms with van der Waals surface area (Å²) in [5.74, 6) is -2.38. The molecule has 1 aliphatic heterocycles. The zero-order valence-corrected chi connectivity index (χ0v) is 14.1. The summed E-state index contributed by atoms with van der Waals surface area (Å²) in [4.78, 5) is 15.5. The summed E-state index contributed by atoms with van der Waals surface area (Å²) in [6, 6.07) is 11.7. The van der Waals surface area contributed by atoms with Crippen molar-refractivity contribution in [3.8, 4) is 0 Å². The Kier molecular flexibility index (Phi) is 4.41. The van der Waals surface area contributed by atoms with Gasteiger partial charge in [-0.05, 0) is 17.7 Å². The van der Waals surface area contributed by atoms with Crippen LogP contribution < -0.4 is 0 Å². The van der Waals surface area contributed by atoms with E-state index in [1.54, 1.807) is 0 Å². The summed E-state index contributed by atoms with van der Waals surface area (Å²) in [6.07, 6.45) is 2.82. The molecule has 138 valence electrons. The van der Waals surface area contributed by atoms with Crippen LogP contribution in [-0.2, 0) is 21.6 Å². The fraction of sp³-hybridized carbons (Fsp3) is 0.211. The van der Waals surface area contributed by atoms with Crippen molar-refractivity contribution in [3.63, 3.8) is 0 Å². The molecule has 6 nitrogen and oxygen atoms in total. The second-order valence-corrected chi connectivity index (χ2v) is 6.23. The normalized spacial score (nSPS) is 15.2. The van der Waals surface area contributed by atoms with Crippen LogP contribution in [0.1, 0.15) is 21.5 Å². The van der Waals surface area contributed by atoms with Gasteiger partial charge in [0.2, 0.25) is 11.9 Å². The molecule has 0 spiro atoms. The van der Waals surface area contributed by atoms with Gasteiger partial charge in [0.15, 0.2) is 0 Å². The Balaban J connectivity index is 1.55. The predicted octanol–water partition coefficient (Wildman–Crippen LogP) is 2.69. The van der Waals surface area contributed by atoms with Gasteiger partial charge in [-0.25, -0.2) is 4.79 Å². The first kappa shape index (κ1) is 17.3. The number of carbonyl (C=O) groups excluding carboxylic acids is 1. The van der Waals surface area contributed by atoms with Crippen LogP contribution in [0.2, 0.25) is 0 Å². The molecule has 1 saturated heterocycles. The lowest BCUT2D eigenvalue weighted by Crippen LogP contribution is -2.53. The minimum Gasteiger partial charge on any atom is -0.457 e. The number of halogens is 2. The van der Waals surface area contributed by atoms with Crippen LogP contribution in [-0.4, -0.2) is 33.9 Å². The predicted molar refractivity (Wildman–Crippen MR) is 89.8 cm³/mol. The molecule has 1 aliphatic rings. The fourth-order valence-corrected chi connectivity index (χ4v) is 2.93. The minimum atomic E-state index is -0.970. The lowest BCUT2D eigenvalue weighted by Gasteiger charge is -2.41. The quantitative estimate of drug-likeness (QED) is 0.510. The van der Waals surface area contributed by atoms with Crippen molar-refractivity contribution < 1.29 is 23.0 Å². The number of nitrogens with zero attached hydrogens (tertiary/aromatic N) is 3. The molecule has 0 saturated carbocycles. The maximum atomic E-state index is 14.2. The van der Waals surface area contributed by atoms with E-state index in [-0.39, 0.29) is 30.9 Å². The number of ether oxygens (including phenoxy) is 2. The van der Waals surface area contributed by atoms with Gasteiger partial charge in [0.05, 0.1) is 25.0 Å². The van der Waals surface area contributed by atoms with Crippen molar-refractivity contribution in [3.05, 3.63) is 83.4 Å². The van der Waals surface area contributed by atoms with Crippen LogP contribution in [0.4, 0.5) is 8.78 Å². The molecule has 0 aliphatic carbocycles. The summed E-state index contributed by atoms with van der Waals surface area (Å²) in [7, 11) is 0. The third-order valence-electron chi connectivity index (χ3n) is 4.47. The van der Waals surface area contributed by atoms with Gasteiger partial charge in [-0.2, -0.15) is 18.9 Å². The first-order chi connectivity index (χ1) is 13.1. The lowest BCUT2D eigenvalue weighted by atomic mass is 9.89. The van der Waals surface area contributed by atoms with Crippen molar-refractivity contribution >= 4 is 5.97 Å². The van der Waals surface area contributed by atoms with E-state index >= 15 is 0 Å². The van der Waals surface area contributed by atoms with Gasteiger partial charge in [-0.3, -0.25) is 4.68 Å².